The molecule has 0 saturated carbocycles. The number of nitrogens with one attached hydrogen (secondary N) is 1. The predicted octanol–water partition coefficient (Wildman–Crippen LogP) is 2.20. The monoisotopic (exact) mass is 457 g/mol. The Labute approximate surface area is 198 Å². The third kappa shape index (κ3) is 4.03. The lowest BCUT2D eigenvalue weighted by Gasteiger charge is -2.32. The van der Waals surface area contributed by atoms with Crippen LogP contribution in [0, 0.1) is 11.8 Å². The van der Waals surface area contributed by atoms with E-state index in [2.05, 4.69) is 38.4 Å². The van der Waals surface area contributed by atoms with Crippen molar-refractivity contribution in [1.82, 2.24) is 19.8 Å². The summed E-state index contributed by atoms with van der Waals surface area (Å²) in [5, 5.41) is 2.92. The molecular formula is C26H27N5O3. The minimum Gasteiger partial charge on any atom is -0.378 e. The van der Waals surface area contributed by atoms with Crippen molar-refractivity contribution in [2.75, 3.05) is 38.2 Å². The number of amides is 2. The molecule has 1 aliphatic carbocycles. The largest absolute Gasteiger partial charge is 0.378 e. The number of rotatable bonds is 3. The molecule has 5 heterocycles. The van der Waals surface area contributed by atoms with Crippen molar-refractivity contribution in [3.8, 4) is 0 Å². The summed E-state index contributed by atoms with van der Waals surface area (Å²) >= 11 is 0. The lowest BCUT2D eigenvalue weighted by atomic mass is 9.99. The molecule has 3 atom stereocenters. The zero-order valence-electron chi connectivity index (χ0n) is 18.9. The van der Waals surface area contributed by atoms with Gasteiger partial charge >= 0.3 is 0 Å². The highest BCUT2D eigenvalue weighted by molar-refractivity contribution is 5.96. The van der Waals surface area contributed by atoms with Gasteiger partial charge < -0.3 is 15.0 Å². The van der Waals surface area contributed by atoms with Crippen LogP contribution in [0.5, 0.6) is 0 Å². The van der Waals surface area contributed by atoms with Crippen molar-refractivity contribution in [3.05, 3.63) is 65.6 Å². The molecule has 1 N–H and O–H groups in total. The van der Waals surface area contributed by atoms with E-state index in [0.29, 0.717) is 44.0 Å². The van der Waals surface area contributed by atoms with Gasteiger partial charge in [0, 0.05) is 56.4 Å². The van der Waals surface area contributed by atoms with E-state index in [1.807, 2.05) is 29.4 Å². The Kier molecular flexibility index (Phi) is 5.47. The number of aromatic nitrogens is 2. The molecule has 8 heteroatoms. The molecule has 3 unspecified atom stereocenters. The second kappa shape index (κ2) is 8.77. The van der Waals surface area contributed by atoms with Crippen molar-refractivity contribution in [3.63, 3.8) is 0 Å². The second-order valence-corrected chi connectivity index (χ2v) is 9.46. The van der Waals surface area contributed by atoms with Gasteiger partial charge in [0.05, 0.1) is 13.2 Å². The normalized spacial score (nSPS) is 26.5. The number of allylic oxidation sites excluding steroid dienone is 1. The van der Waals surface area contributed by atoms with Gasteiger partial charge in [-0.15, -0.1) is 0 Å². The van der Waals surface area contributed by atoms with Gasteiger partial charge in [0.2, 0.25) is 11.8 Å². The molecule has 6 rings (SSSR count). The third-order valence-electron chi connectivity index (χ3n) is 7.31. The third-order valence-corrected chi connectivity index (χ3v) is 7.31. The first kappa shape index (κ1) is 21.2. The average Bonchev–Trinajstić information content (AvgIpc) is 3.40. The van der Waals surface area contributed by atoms with Gasteiger partial charge in [-0.3, -0.25) is 19.5 Å². The van der Waals surface area contributed by atoms with E-state index in [4.69, 9.17) is 4.74 Å². The van der Waals surface area contributed by atoms with Crippen molar-refractivity contribution in [1.29, 1.82) is 0 Å². The lowest BCUT2D eigenvalue weighted by molar-refractivity contribution is -0.127. The van der Waals surface area contributed by atoms with Gasteiger partial charge in [0.25, 0.3) is 0 Å². The molecule has 2 aromatic rings. The first-order valence-corrected chi connectivity index (χ1v) is 11.8. The molecule has 2 fully saturated rings. The van der Waals surface area contributed by atoms with Crippen molar-refractivity contribution < 1.29 is 14.3 Å². The molecule has 4 aliphatic rings. The highest BCUT2D eigenvalue weighted by Gasteiger charge is 2.38. The van der Waals surface area contributed by atoms with Crippen LogP contribution in [0.1, 0.15) is 23.1 Å². The maximum Gasteiger partial charge on any atom is 0.246 e. The van der Waals surface area contributed by atoms with Gasteiger partial charge in [-0.1, -0.05) is 6.08 Å². The summed E-state index contributed by atoms with van der Waals surface area (Å²) in [5.41, 5.74) is 4.41. The summed E-state index contributed by atoms with van der Waals surface area (Å²) in [6.45, 7) is 3.91. The summed E-state index contributed by atoms with van der Waals surface area (Å²) in [6, 6.07) is 5.83. The molecule has 8 nitrogen and oxygen atoms in total. The van der Waals surface area contributed by atoms with E-state index in [1.165, 1.54) is 11.1 Å². The van der Waals surface area contributed by atoms with Gasteiger partial charge in [0.1, 0.15) is 11.9 Å². The van der Waals surface area contributed by atoms with Gasteiger partial charge in [-0.2, -0.15) is 0 Å². The Morgan fingerprint density at radius 2 is 2.12 bits per heavy atom. The minimum atomic E-state index is -0.286. The standard InChI is InChI=1S/C26H27N5O3/c32-24(31-13-20-10-19(11-21(20)14-31)18-3-5-27-6-4-18)2-1-17-9-22-15-30-7-8-34-16-23(30)26(33)29-25(22)28-12-17/h1-6,9-10,12,20-21,23H,7-8,11,13-16H2,(H,28,29,33)/b2-1+. The number of anilines is 1. The Bertz CT molecular complexity index is 1180. The quantitative estimate of drug-likeness (QED) is 0.711. The molecule has 174 valence electrons. The van der Waals surface area contributed by atoms with Crippen LogP contribution in [0.3, 0.4) is 0 Å². The topological polar surface area (TPSA) is 87.7 Å². The minimum absolute atomic E-state index is 0.0322. The molecule has 2 amide bonds. The highest BCUT2D eigenvalue weighted by Crippen LogP contribution is 2.40. The zero-order valence-corrected chi connectivity index (χ0v) is 18.9. The van der Waals surface area contributed by atoms with E-state index in [1.54, 1.807) is 12.3 Å². The van der Waals surface area contributed by atoms with E-state index < -0.39 is 0 Å². The number of carbonyl (C=O) groups excluding carboxylic acids is 2. The van der Waals surface area contributed by atoms with Crippen LogP contribution >= 0.6 is 0 Å². The Hall–Kier alpha value is -3.36. The van der Waals surface area contributed by atoms with Crippen molar-refractivity contribution >= 4 is 29.3 Å². The first-order valence-electron chi connectivity index (χ1n) is 11.8. The van der Waals surface area contributed by atoms with Crippen LogP contribution in [0.4, 0.5) is 5.82 Å². The number of likely N-dealkylation sites (tertiary alicyclic amines) is 1. The Morgan fingerprint density at radius 1 is 1.24 bits per heavy atom. The summed E-state index contributed by atoms with van der Waals surface area (Å²) < 4.78 is 5.47. The summed E-state index contributed by atoms with van der Waals surface area (Å²) in [4.78, 5) is 38.0. The summed E-state index contributed by atoms with van der Waals surface area (Å²) in [5.74, 6) is 1.45. The van der Waals surface area contributed by atoms with Gasteiger partial charge in [-0.25, -0.2) is 4.98 Å². The van der Waals surface area contributed by atoms with E-state index in [-0.39, 0.29) is 17.9 Å². The maximum atomic E-state index is 12.9. The van der Waals surface area contributed by atoms with E-state index in [0.717, 1.165) is 30.6 Å². The van der Waals surface area contributed by atoms with Gasteiger partial charge in [0.15, 0.2) is 0 Å². The number of fused-ring (bicyclic) bond motifs is 3. The average molecular weight is 458 g/mol. The SMILES string of the molecule is O=C1Nc2ncc(/C=C/C(=O)N3CC4C=C(c5ccncc5)CC4C3)cc2CN2CCOCC12. The van der Waals surface area contributed by atoms with Crippen LogP contribution in [0.2, 0.25) is 0 Å². The number of ether oxygens (including phenoxy) is 1. The Morgan fingerprint density at radius 3 is 2.97 bits per heavy atom. The highest BCUT2D eigenvalue weighted by atomic mass is 16.5. The smallest absolute Gasteiger partial charge is 0.246 e. The molecule has 34 heavy (non-hydrogen) atoms. The lowest BCUT2D eigenvalue weighted by Crippen LogP contribution is -2.49. The molecule has 3 aliphatic heterocycles. The van der Waals surface area contributed by atoms with E-state index in [9.17, 15) is 9.59 Å². The first-order chi connectivity index (χ1) is 16.6. The molecule has 0 bridgehead atoms. The molecule has 2 saturated heterocycles. The summed E-state index contributed by atoms with van der Waals surface area (Å²) in [7, 11) is 0. The Balaban J connectivity index is 1.12. The maximum absolute atomic E-state index is 12.9. The number of nitrogens with zero attached hydrogens (tertiary/aromatic N) is 4. The van der Waals surface area contributed by atoms with Gasteiger partial charge in [-0.05, 0) is 59.2 Å². The number of hydrogen-bond acceptors (Lipinski definition) is 6. The molecular weight excluding hydrogens is 430 g/mol. The van der Waals surface area contributed by atoms with Crippen LogP contribution in [0.25, 0.3) is 11.6 Å². The predicted molar refractivity (Wildman–Crippen MR) is 127 cm³/mol. The molecule has 0 radical (unpaired) electrons. The number of hydrogen-bond donors (Lipinski definition) is 1. The fourth-order valence-corrected chi connectivity index (χ4v) is 5.48. The fraction of sp³-hybridized carbons (Fsp3) is 0.385. The molecule has 2 aromatic heterocycles. The van der Waals surface area contributed by atoms with E-state index >= 15 is 0 Å². The number of pyridine rings is 2. The number of morpholine rings is 1. The molecule has 0 spiro atoms. The number of carbonyl (C=O) groups is 2. The zero-order chi connectivity index (χ0) is 23.1. The second-order valence-electron chi connectivity index (χ2n) is 9.46. The van der Waals surface area contributed by atoms with Crippen molar-refractivity contribution in [2.24, 2.45) is 11.8 Å². The summed E-state index contributed by atoms with van der Waals surface area (Å²) in [6.07, 6.45) is 12.2. The molecule has 0 aromatic carbocycles. The van der Waals surface area contributed by atoms with Crippen LogP contribution in [-0.2, 0) is 20.9 Å². The van der Waals surface area contributed by atoms with Crippen LogP contribution < -0.4 is 5.32 Å². The fourth-order valence-electron chi connectivity index (χ4n) is 5.48. The van der Waals surface area contributed by atoms with Crippen LogP contribution in [-0.4, -0.2) is 70.5 Å². The van der Waals surface area contributed by atoms with Crippen molar-refractivity contribution in [2.45, 2.75) is 19.0 Å². The van der Waals surface area contributed by atoms with Crippen LogP contribution in [0.15, 0.2) is 48.9 Å².